The van der Waals surface area contributed by atoms with E-state index in [1.54, 1.807) is 0 Å². The maximum atomic E-state index is 12.6. The largest absolute Gasteiger partial charge is 0.414 e. The SMILES string of the molecule is CC(OCc1cccc(F)c1)C(F)(F)F. The molecule has 0 spiro atoms. The van der Waals surface area contributed by atoms with Crippen LogP contribution in [0.5, 0.6) is 0 Å². The summed E-state index contributed by atoms with van der Waals surface area (Å²) in [6, 6.07) is 5.29. The molecule has 0 aliphatic rings. The molecule has 1 aromatic carbocycles. The molecule has 5 heteroatoms. The first-order chi connectivity index (χ1) is 6.89. The minimum absolute atomic E-state index is 0.252. The molecule has 15 heavy (non-hydrogen) atoms. The van der Waals surface area contributed by atoms with Crippen molar-refractivity contribution in [2.24, 2.45) is 0 Å². The van der Waals surface area contributed by atoms with Crippen molar-refractivity contribution in [3.8, 4) is 0 Å². The predicted octanol–water partition coefficient (Wildman–Crippen LogP) is 3.29. The molecule has 0 radical (unpaired) electrons. The van der Waals surface area contributed by atoms with Crippen LogP contribution < -0.4 is 0 Å². The first kappa shape index (κ1) is 12.0. The summed E-state index contributed by atoms with van der Waals surface area (Å²) >= 11 is 0. The highest BCUT2D eigenvalue weighted by Gasteiger charge is 2.36. The fraction of sp³-hybridized carbons (Fsp3) is 0.400. The van der Waals surface area contributed by atoms with Crippen LogP contribution in [0.15, 0.2) is 24.3 Å². The second-order valence-corrected chi connectivity index (χ2v) is 3.12. The summed E-state index contributed by atoms with van der Waals surface area (Å²) in [4.78, 5) is 0. The Morgan fingerprint density at radius 2 is 2.00 bits per heavy atom. The van der Waals surface area contributed by atoms with Crippen molar-refractivity contribution < 1.29 is 22.3 Å². The van der Waals surface area contributed by atoms with Gasteiger partial charge in [0.05, 0.1) is 6.61 Å². The van der Waals surface area contributed by atoms with E-state index >= 15 is 0 Å². The van der Waals surface area contributed by atoms with Crippen LogP contribution in [-0.2, 0) is 11.3 Å². The fourth-order valence-corrected chi connectivity index (χ4v) is 0.942. The van der Waals surface area contributed by atoms with E-state index in [2.05, 4.69) is 4.74 Å². The van der Waals surface area contributed by atoms with Crippen LogP contribution >= 0.6 is 0 Å². The van der Waals surface area contributed by atoms with E-state index in [-0.39, 0.29) is 6.61 Å². The van der Waals surface area contributed by atoms with E-state index in [9.17, 15) is 17.6 Å². The van der Waals surface area contributed by atoms with Crippen molar-refractivity contribution in [2.45, 2.75) is 25.8 Å². The number of halogens is 4. The lowest BCUT2D eigenvalue weighted by molar-refractivity contribution is -0.217. The van der Waals surface area contributed by atoms with Gasteiger partial charge in [0.15, 0.2) is 6.10 Å². The Bertz CT molecular complexity index is 321. The van der Waals surface area contributed by atoms with Crippen molar-refractivity contribution in [2.75, 3.05) is 0 Å². The number of benzene rings is 1. The molecule has 0 aromatic heterocycles. The first-order valence-corrected chi connectivity index (χ1v) is 4.32. The molecule has 0 saturated carbocycles. The van der Waals surface area contributed by atoms with Gasteiger partial charge in [-0.05, 0) is 24.6 Å². The van der Waals surface area contributed by atoms with Gasteiger partial charge in [-0.15, -0.1) is 0 Å². The Morgan fingerprint density at radius 1 is 1.33 bits per heavy atom. The minimum atomic E-state index is -4.38. The Hall–Kier alpha value is -1.10. The molecule has 0 fully saturated rings. The Morgan fingerprint density at radius 3 is 2.53 bits per heavy atom. The van der Waals surface area contributed by atoms with E-state index in [4.69, 9.17) is 0 Å². The summed E-state index contributed by atoms with van der Waals surface area (Å²) in [5.41, 5.74) is 0.381. The van der Waals surface area contributed by atoms with E-state index in [0.29, 0.717) is 5.56 Å². The molecule has 1 nitrogen and oxygen atoms in total. The summed E-state index contributed by atoms with van der Waals surface area (Å²) in [6.45, 7) is 0.664. The van der Waals surface area contributed by atoms with Crippen LogP contribution in [0.1, 0.15) is 12.5 Å². The topological polar surface area (TPSA) is 9.23 Å². The highest BCUT2D eigenvalue weighted by atomic mass is 19.4. The third-order valence-corrected chi connectivity index (χ3v) is 1.85. The summed E-state index contributed by atoms with van der Waals surface area (Å²) in [6.07, 6.45) is -6.23. The van der Waals surface area contributed by atoms with Gasteiger partial charge >= 0.3 is 6.18 Å². The highest BCUT2D eigenvalue weighted by molar-refractivity contribution is 5.15. The Labute approximate surface area is 84.7 Å². The van der Waals surface area contributed by atoms with Crippen molar-refractivity contribution in [3.05, 3.63) is 35.6 Å². The predicted molar refractivity (Wildman–Crippen MR) is 46.7 cm³/mol. The third-order valence-electron chi connectivity index (χ3n) is 1.85. The fourth-order valence-electron chi connectivity index (χ4n) is 0.942. The van der Waals surface area contributed by atoms with Gasteiger partial charge in [-0.25, -0.2) is 4.39 Å². The van der Waals surface area contributed by atoms with Crippen molar-refractivity contribution >= 4 is 0 Å². The van der Waals surface area contributed by atoms with Crippen molar-refractivity contribution in [1.29, 1.82) is 0 Å². The van der Waals surface area contributed by atoms with Crippen LogP contribution in [0.25, 0.3) is 0 Å². The van der Waals surface area contributed by atoms with Gasteiger partial charge in [0.1, 0.15) is 5.82 Å². The Balaban J connectivity index is 2.51. The monoisotopic (exact) mass is 222 g/mol. The molecule has 0 aliphatic carbocycles. The molecule has 1 atom stereocenters. The molecule has 1 aromatic rings. The van der Waals surface area contributed by atoms with Gasteiger partial charge in [-0.1, -0.05) is 12.1 Å². The molecule has 1 unspecified atom stereocenters. The van der Waals surface area contributed by atoms with Crippen LogP contribution in [0.4, 0.5) is 17.6 Å². The molecular formula is C10H10F4O. The van der Waals surface area contributed by atoms with Crippen molar-refractivity contribution in [3.63, 3.8) is 0 Å². The molecule has 0 amide bonds. The highest BCUT2D eigenvalue weighted by Crippen LogP contribution is 2.23. The van der Waals surface area contributed by atoms with Crippen LogP contribution in [0, 0.1) is 5.82 Å². The van der Waals surface area contributed by atoms with E-state index in [1.807, 2.05) is 0 Å². The van der Waals surface area contributed by atoms with Gasteiger partial charge in [0, 0.05) is 0 Å². The van der Waals surface area contributed by atoms with Crippen LogP contribution in [0.2, 0.25) is 0 Å². The summed E-state index contributed by atoms with van der Waals surface area (Å²) in [5.74, 6) is -0.490. The number of hydrogen-bond donors (Lipinski definition) is 0. The summed E-state index contributed by atoms with van der Waals surface area (Å²) in [7, 11) is 0. The second kappa shape index (κ2) is 4.61. The van der Waals surface area contributed by atoms with Crippen LogP contribution in [0.3, 0.4) is 0 Å². The van der Waals surface area contributed by atoms with E-state index in [1.165, 1.54) is 18.2 Å². The molecule has 0 bridgehead atoms. The van der Waals surface area contributed by atoms with Crippen LogP contribution in [-0.4, -0.2) is 12.3 Å². The molecule has 0 N–H and O–H groups in total. The maximum absolute atomic E-state index is 12.6. The zero-order valence-corrected chi connectivity index (χ0v) is 8.01. The van der Waals surface area contributed by atoms with E-state index in [0.717, 1.165) is 13.0 Å². The zero-order valence-electron chi connectivity index (χ0n) is 8.01. The molecule has 0 saturated heterocycles. The number of rotatable bonds is 3. The Kier molecular flexibility index (Phi) is 3.68. The van der Waals surface area contributed by atoms with Gasteiger partial charge < -0.3 is 4.74 Å². The van der Waals surface area contributed by atoms with Gasteiger partial charge in [-0.2, -0.15) is 13.2 Å². The molecule has 1 rings (SSSR count). The van der Waals surface area contributed by atoms with Gasteiger partial charge in [-0.3, -0.25) is 0 Å². The van der Waals surface area contributed by atoms with E-state index < -0.39 is 18.1 Å². The number of alkyl halides is 3. The van der Waals surface area contributed by atoms with Crippen molar-refractivity contribution in [1.82, 2.24) is 0 Å². The minimum Gasteiger partial charge on any atom is -0.364 e. The average molecular weight is 222 g/mol. The quantitative estimate of drug-likeness (QED) is 0.713. The standard InChI is InChI=1S/C10H10F4O/c1-7(10(12,13)14)15-6-8-3-2-4-9(11)5-8/h2-5,7H,6H2,1H3. The normalized spacial score (nSPS) is 13.9. The smallest absolute Gasteiger partial charge is 0.364 e. The summed E-state index contributed by atoms with van der Waals surface area (Å²) < 4.78 is 53.3. The van der Waals surface area contributed by atoms with Gasteiger partial charge in [0.25, 0.3) is 0 Å². The van der Waals surface area contributed by atoms with Gasteiger partial charge in [0.2, 0.25) is 0 Å². The summed E-state index contributed by atoms with van der Waals surface area (Å²) in [5, 5.41) is 0. The molecule has 0 heterocycles. The lowest BCUT2D eigenvalue weighted by Gasteiger charge is -2.16. The number of hydrogen-bond acceptors (Lipinski definition) is 1. The second-order valence-electron chi connectivity index (χ2n) is 3.12. The first-order valence-electron chi connectivity index (χ1n) is 4.32. The lowest BCUT2D eigenvalue weighted by atomic mass is 10.2. The maximum Gasteiger partial charge on any atom is 0.414 e. The zero-order chi connectivity index (χ0) is 11.5. The molecule has 0 aliphatic heterocycles. The molecular weight excluding hydrogens is 212 g/mol. The number of ether oxygens (including phenoxy) is 1. The average Bonchev–Trinajstić information content (AvgIpc) is 2.12. The third kappa shape index (κ3) is 3.87. The molecule has 84 valence electrons. The lowest BCUT2D eigenvalue weighted by Crippen LogP contribution is -2.28.